The van der Waals surface area contributed by atoms with E-state index in [-0.39, 0.29) is 19.3 Å². The van der Waals surface area contributed by atoms with Crippen molar-refractivity contribution in [2.75, 3.05) is 7.11 Å². The first kappa shape index (κ1) is 10.4. The highest BCUT2D eigenvalue weighted by atomic mass is 19.3. The Labute approximate surface area is 76.3 Å². The summed E-state index contributed by atoms with van der Waals surface area (Å²) in [6.07, 6.45) is 1.43. The first-order valence-electron chi connectivity index (χ1n) is 4.51. The van der Waals surface area contributed by atoms with Crippen LogP contribution in [0.2, 0.25) is 0 Å². The normalized spacial score (nSPS) is 25.9. The van der Waals surface area contributed by atoms with Crippen LogP contribution < -0.4 is 0 Å². The van der Waals surface area contributed by atoms with E-state index in [1.165, 1.54) is 7.11 Å². The molecule has 1 rings (SSSR count). The van der Waals surface area contributed by atoms with E-state index in [9.17, 15) is 13.6 Å². The van der Waals surface area contributed by atoms with E-state index < -0.39 is 17.8 Å². The van der Waals surface area contributed by atoms with Gasteiger partial charge in [-0.3, -0.25) is 4.79 Å². The monoisotopic (exact) mass is 192 g/mol. The Hall–Kier alpha value is -0.670. The lowest BCUT2D eigenvalue weighted by molar-refractivity contribution is -0.141. The van der Waals surface area contributed by atoms with Gasteiger partial charge in [0.2, 0.25) is 0 Å². The van der Waals surface area contributed by atoms with E-state index in [4.69, 9.17) is 0 Å². The molecule has 0 aliphatic heterocycles. The number of methoxy groups -OCH3 is 1. The fraction of sp³-hybridized carbons (Fsp3) is 0.889. The summed E-state index contributed by atoms with van der Waals surface area (Å²) >= 11 is 0. The van der Waals surface area contributed by atoms with Crippen LogP contribution in [0.25, 0.3) is 0 Å². The van der Waals surface area contributed by atoms with Gasteiger partial charge in [-0.25, -0.2) is 8.78 Å². The van der Waals surface area contributed by atoms with Crippen LogP contribution in [-0.2, 0) is 9.53 Å². The molecule has 0 saturated heterocycles. The summed E-state index contributed by atoms with van der Waals surface area (Å²) in [6, 6.07) is 0. The molecule has 2 nitrogen and oxygen atoms in total. The summed E-state index contributed by atoms with van der Waals surface area (Å²) in [7, 11) is 1.27. The molecule has 1 aliphatic carbocycles. The van der Waals surface area contributed by atoms with Crippen molar-refractivity contribution in [1.82, 2.24) is 0 Å². The number of alkyl halides is 2. The zero-order valence-corrected chi connectivity index (χ0v) is 7.69. The minimum atomic E-state index is -2.56. The number of hydrogen-bond donors (Lipinski definition) is 0. The maximum absolute atomic E-state index is 13.0. The molecule has 0 aromatic heterocycles. The fourth-order valence-corrected chi connectivity index (χ4v) is 1.75. The van der Waals surface area contributed by atoms with Gasteiger partial charge in [0, 0.05) is 18.8 Å². The fourth-order valence-electron chi connectivity index (χ4n) is 1.75. The number of ether oxygens (including phenoxy) is 1. The van der Waals surface area contributed by atoms with Gasteiger partial charge in [-0.2, -0.15) is 0 Å². The molecule has 1 fully saturated rings. The van der Waals surface area contributed by atoms with Gasteiger partial charge in [-0.15, -0.1) is 0 Å². The van der Waals surface area contributed by atoms with Crippen LogP contribution in [0.5, 0.6) is 0 Å². The molecular weight excluding hydrogens is 178 g/mol. The lowest BCUT2D eigenvalue weighted by Crippen LogP contribution is -2.22. The lowest BCUT2D eigenvalue weighted by Gasteiger charge is -2.17. The highest BCUT2D eigenvalue weighted by molar-refractivity contribution is 5.69. The largest absolute Gasteiger partial charge is 0.469 e. The average molecular weight is 192 g/mol. The molecule has 0 amide bonds. The maximum atomic E-state index is 13.0. The lowest BCUT2D eigenvalue weighted by atomic mass is 9.99. The average Bonchev–Trinajstić information content (AvgIpc) is 2.41. The van der Waals surface area contributed by atoms with Gasteiger partial charge < -0.3 is 4.74 Å². The van der Waals surface area contributed by atoms with Crippen molar-refractivity contribution >= 4 is 5.97 Å². The van der Waals surface area contributed by atoms with Crippen molar-refractivity contribution in [3.63, 3.8) is 0 Å². The molecule has 1 saturated carbocycles. The topological polar surface area (TPSA) is 26.3 Å². The van der Waals surface area contributed by atoms with Gasteiger partial charge in [-0.1, -0.05) is 0 Å². The highest BCUT2D eigenvalue weighted by Crippen LogP contribution is 2.42. The van der Waals surface area contributed by atoms with E-state index in [1.54, 1.807) is 0 Å². The van der Waals surface area contributed by atoms with Crippen molar-refractivity contribution in [2.24, 2.45) is 5.92 Å². The Morgan fingerprint density at radius 2 is 2.31 bits per heavy atom. The van der Waals surface area contributed by atoms with E-state index >= 15 is 0 Å². The summed E-state index contributed by atoms with van der Waals surface area (Å²) in [5.41, 5.74) is 0. The maximum Gasteiger partial charge on any atom is 0.305 e. The van der Waals surface area contributed by atoms with Crippen LogP contribution in [0.4, 0.5) is 8.78 Å². The third kappa shape index (κ3) is 2.64. The second kappa shape index (κ2) is 4.03. The molecule has 1 aliphatic rings. The molecule has 0 spiro atoms. The van der Waals surface area contributed by atoms with E-state index in [1.807, 2.05) is 0 Å². The second-order valence-electron chi connectivity index (χ2n) is 3.46. The molecule has 1 unspecified atom stereocenters. The van der Waals surface area contributed by atoms with Crippen LogP contribution in [0, 0.1) is 5.92 Å². The van der Waals surface area contributed by atoms with Gasteiger partial charge in [0.1, 0.15) is 0 Å². The molecule has 4 heteroatoms. The minimum absolute atomic E-state index is 0.0289. The van der Waals surface area contributed by atoms with Crippen molar-refractivity contribution in [1.29, 1.82) is 0 Å². The molecule has 1 atom stereocenters. The van der Waals surface area contributed by atoms with Crippen molar-refractivity contribution in [3.05, 3.63) is 0 Å². The Kier molecular flexibility index (Phi) is 3.22. The molecule has 76 valence electrons. The SMILES string of the molecule is COC(=O)CCC1CCCC1(F)F. The van der Waals surface area contributed by atoms with E-state index in [0.717, 1.165) is 0 Å². The summed E-state index contributed by atoms with van der Waals surface area (Å²) in [6.45, 7) is 0. The highest BCUT2D eigenvalue weighted by Gasteiger charge is 2.43. The van der Waals surface area contributed by atoms with Crippen LogP contribution in [0.1, 0.15) is 32.1 Å². The van der Waals surface area contributed by atoms with Gasteiger partial charge >= 0.3 is 5.97 Å². The summed E-state index contributed by atoms with van der Waals surface area (Å²) < 4.78 is 30.4. The molecular formula is C9H14F2O2. The number of hydrogen-bond acceptors (Lipinski definition) is 2. The van der Waals surface area contributed by atoms with E-state index in [2.05, 4.69) is 4.74 Å². The second-order valence-corrected chi connectivity index (χ2v) is 3.46. The third-order valence-corrected chi connectivity index (χ3v) is 2.58. The summed E-state index contributed by atoms with van der Waals surface area (Å²) in [5.74, 6) is -3.58. The number of carbonyl (C=O) groups excluding carboxylic acids is 1. The standard InChI is InChI=1S/C9H14F2O2/c1-13-8(12)5-4-7-3-2-6-9(7,10)11/h7H,2-6H2,1H3. The molecule has 0 aromatic carbocycles. The van der Waals surface area contributed by atoms with E-state index in [0.29, 0.717) is 12.8 Å². The molecule has 0 N–H and O–H groups in total. The molecule has 0 radical (unpaired) electrons. The first-order chi connectivity index (χ1) is 6.06. The number of halogens is 2. The van der Waals surface area contributed by atoms with Gasteiger partial charge in [0.15, 0.2) is 0 Å². The molecule has 0 heterocycles. The smallest absolute Gasteiger partial charge is 0.305 e. The van der Waals surface area contributed by atoms with Gasteiger partial charge in [0.05, 0.1) is 7.11 Å². The Bertz CT molecular complexity index is 192. The Balaban J connectivity index is 2.33. The summed E-state index contributed by atoms with van der Waals surface area (Å²) in [4.78, 5) is 10.7. The van der Waals surface area contributed by atoms with Crippen LogP contribution in [-0.4, -0.2) is 19.0 Å². The molecule has 0 aromatic rings. The van der Waals surface area contributed by atoms with Crippen molar-refractivity contribution in [2.45, 2.75) is 38.0 Å². The predicted molar refractivity (Wildman–Crippen MR) is 43.5 cm³/mol. The predicted octanol–water partition coefficient (Wildman–Crippen LogP) is 2.38. The van der Waals surface area contributed by atoms with Crippen LogP contribution >= 0.6 is 0 Å². The molecule has 0 bridgehead atoms. The van der Waals surface area contributed by atoms with Crippen molar-refractivity contribution < 1.29 is 18.3 Å². The van der Waals surface area contributed by atoms with Gasteiger partial charge in [-0.05, 0) is 19.3 Å². The number of carbonyl (C=O) groups is 1. The van der Waals surface area contributed by atoms with Gasteiger partial charge in [0.25, 0.3) is 5.92 Å². The number of esters is 1. The molecule has 13 heavy (non-hydrogen) atoms. The minimum Gasteiger partial charge on any atom is -0.469 e. The first-order valence-corrected chi connectivity index (χ1v) is 4.51. The summed E-state index contributed by atoms with van der Waals surface area (Å²) in [5, 5.41) is 0. The van der Waals surface area contributed by atoms with Crippen molar-refractivity contribution in [3.8, 4) is 0 Å². The zero-order valence-electron chi connectivity index (χ0n) is 7.69. The third-order valence-electron chi connectivity index (χ3n) is 2.58. The number of rotatable bonds is 3. The van der Waals surface area contributed by atoms with Crippen LogP contribution in [0.15, 0.2) is 0 Å². The van der Waals surface area contributed by atoms with Crippen LogP contribution in [0.3, 0.4) is 0 Å². The zero-order chi connectivity index (χ0) is 9.90. The Morgan fingerprint density at radius 1 is 1.62 bits per heavy atom. The quantitative estimate of drug-likeness (QED) is 0.642. The Morgan fingerprint density at radius 3 is 2.77 bits per heavy atom.